The second kappa shape index (κ2) is 7.01. The Morgan fingerprint density at radius 2 is 2.08 bits per heavy atom. The summed E-state index contributed by atoms with van der Waals surface area (Å²) in [6.45, 7) is 4.56. The van der Waals surface area contributed by atoms with Crippen LogP contribution < -0.4 is 4.74 Å². The highest BCUT2D eigenvalue weighted by Gasteiger charge is 2.09. The van der Waals surface area contributed by atoms with E-state index in [0.717, 1.165) is 44.8 Å². The molecule has 0 atom stereocenters. The number of pyridine rings is 1. The van der Waals surface area contributed by atoms with Crippen LogP contribution in [0.15, 0.2) is 35.7 Å². The van der Waals surface area contributed by atoms with Crippen molar-refractivity contribution in [1.29, 1.82) is 0 Å². The van der Waals surface area contributed by atoms with Gasteiger partial charge in [-0.2, -0.15) is 0 Å². The van der Waals surface area contributed by atoms with Crippen LogP contribution in [0.25, 0.3) is 10.1 Å². The largest absolute Gasteiger partial charge is 0.489 e. The second-order valence-corrected chi connectivity index (χ2v) is 6.60. The van der Waals surface area contributed by atoms with E-state index in [4.69, 9.17) is 9.84 Å². The maximum Gasteiger partial charge on any atom is 0.307 e. The van der Waals surface area contributed by atoms with Crippen molar-refractivity contribution < 1.29 is 14.6 Å². The zero-order valence-corrected chi connectivity index (χ0v) is 14.5. The van der Waals surface area contributed by atoms with E-state index in [9.17, 15) is 4.79 Å². The number of fused-ring (bicyclic) bond motifs is 1. The summed E-state index contributed by atoms with van der Waals surface area (Å²) in [7, 11) is 0. The summed E-state index contributed by atoms with van der Waals surface area (Å²) >= 11 is 1.55. The summed E-state index contributed by atoms with van der Waals surface area (Å²) in [6.07, 6.45) is 0.929. The molecule has 2 heterocycles. The number of aliphatic carboxylic acids is 1. The number of benzene rings is 1. The first-order chi connectivity index (χ1) is 11.6. The fourth-order valence-corrected chi connectivity index (χ4v) is 3.68. The van der Waals surface area contributed by atoms with E-state index in [0.29, 0.717) is 6.61 Å². The summed E-state index contributed by atoms with van der Waals surface area (Å²) in [4.78, 5) is 15.4. The first-order valence-corrected chi connectivity index (χ1v) is 8.75. The SMILES string of the molecule is CCc1nc(C)ccc1COc1ccc2c(CC(=O)O)csc2c1. The summed E-state index contributed by atoms with van der Waals surface area (Å²) in [5.74, 6) is -0.0251. The minimum absolute atomic E-state index is 0.0507. The molecule has 0 fully saturated rings. The summed E-state index contributed by atoms with van der Waals surface area (Å²) in [6, 6.07) is 9.87. The number of nitrogens with zero attached hydrogens (tertiary/aromatic N) is 1. The molecule has 3 rings (SSSR count). The topological polar surface area (TPSA) is 59.4 Å². The van der Waals surface area contributed by atoms with E-state index in [1.54, 1.807) is 11.3 Å². The summed E-state index contributed by atoms with van der Waals surface area (Å²) < 4.78 is 6.97. The van der Waals surface area contributed by atoms with Crippen LogP contribution in [0, 0.1) is 6.92 Å². The Labute approximate surface area is 144 Å². The van der Waals surface area contributed by atoms with Crippen LogP contribution in [0.1, 0.15) is 29.4 Å². The molecule has 0 saturated carbocycles. The molecule has 0 aliphatic carbocycles. The van der Waals surface area contributed by atoms with Crippen molar-refractivity contribution in [2.75, 3.05) is 0 Å². The van der Waals surface area contributed by atoms with Crippen molar-refractivity contribution in [1.82, 2.24) is 4.98 Å². The van der Waals surface area contributed by atoms with Crippen LogP contribution in [0.4, 0.5) is 0 Å². The molecular formula is C19H19NO3S. The third-order valence-electron chi connectivity index (χ3n) is 3.91. The first-order valence-electron chi connectivity index (χ1n) is 7.87. The van der Waals surface area contributed by atoms with Crippen molar-refractivity contribution in [2.24, 2.45) is 0 Å². The fraction of sp³-hybridized carbons (Fsp3) is 0.263. The molecule has 4 nitrogen and oxygen atoms in total. The number of carboxylic acid groups (broad SMARTS) is 1. The molecule has 1 N–H and O–H groups in total. The van der Waals surface area contributed by atoms with E-state index in [1.807, 2.05) is 36.6 Å². The summed E-state index contributed by atoms with van der Waals surface area (Å²) in [5.41, 5.74) is 4.03. The van der Waals surface area contributed by atoms with Crippen LogP contribution in [0.5, 0.6) is 5.75 Å². The van der Waals surface area contributed by atoms with Crippen LogP contribution in [-0.4, -0.2) is 16.1 Å². The van der Waals surface area contributed by atoms with E-state index >= 15 is 0 Å². The number of aryl methyl sites for hydroxylation is 2. The Morgan fingerprint density at radius 1 is 1.25 bits per heavy atom. The highest BCUT2D eigenvalue weighted by atomic mass is 32.1. The van der Waals surface area contributed by atoms with Gasteiger partial charge in [0, 0.05) is 21.7 Å². The molecule has 0 unspecified atom stereocenters. The van der Waals surface area contributed by atoms with Crippen LogP contribution in [-0.2, 0) is 24.2 Å². The third kappa shape index (κ3) is 3.57. The summed E-state index contributed by atoms with van der Waals surface area (Å²) in [5, 5.41) is 11.8. The number of aromatic nitrogens is 1. The second-order valence-electron chi connectivity index (χ2n) is 5.69. The van der Waals surface area contributed by atoms with Gasteiger partial charge in [0.2, 0.25) is 0 Å². The Morgan fingerprint density at radius 3 is 2.83 bits per heavy atom. The molecule has 0 bridgehead atoms. The van der Waals surface area contributed by atoms with Gasteiger partial charge in [0.1, 0.15) is 12.4 Å². The molecule has 0 amide bonds. The number of carbonyl (C=O) groups is 1. The Balaban J connectivity index is 1.77. The zero-order chi connectivity index (χ0) is 17.1. The predicted molar refractivity (Wildman–Crippen MR) is 95.8 cm³/mol. The van der Waals surface area contributed by atoms with Crippen LogP contribution in [0.2, 0.25) is 0 Å². The molecule has 124 valence electrons. The molecule has 1 aromatic carbocycles. The van der Waals surface area contributed by atoms with Crippen molar-refractivity contribution in [3.05, 3.63) is 58.2 Å². The standard InChI is InChI=1S/C19H19NO3S/c1-3-17-13(5-4-12(2)20-17)10-23-15-6-7-16-14(8-19(21)22)11-24-18(16)9-15/h4-7,9,11H,3,8,10H2,1-2H3,(H,21,22). The highest BCUT2D eigenvalue weighted by molar-refractivity contribution is 7.17. The van der Waals surface area contributed by atoms with Gasteiger partial charge in [-0.1, -0.05) is 13.0 Å². The smallest absolute Gasteiger partial charge is 0.307 e. The molecule has 0 saturated heterocycles. The average Bonchev–Trinajstić information content (AvgIpc) is 2.95. The predicted octanol–water partition coefficient (Wildman–Crippen LogP) is 4.37. The number of ether oxygens (including phenoxy) is 1. The molecule has 24 heavy (non-hydrogen) atoms. The van der Waals surface area contributed by atoms with E-state index in [2.05, 4.69) is 18.0 Å². The normalized spacial score (nSPS) is 10.9. The molecule has 5 heteroatoms. The van der Waals surface area contributed by atoms with Crippen molar-refractivity contribution in [3.8, 4) is 5.75 Å². The number of thiophene rings is 1. The molecule has 0 aliphatic rings. The van der Waals surface area contributed by atoms with Crippen LogP contribution in [0.3, 0.4) is 0 Å². The molecular weight excluding hydrogens is 322 g/mol. The van der Waals surface area contributed by atoms with Gasteiger partial charge in [0.15, 0.2) is 0 Å². The molecule has 0 radical (unpaired) electrons. The van der Waals surface area contributed by atoms with E-state index in [1.165, 1.54) is 0 Å². The quantitative estimate of drug-likeness (QED) is 0.723. The lowest BCUT2D eigenvalue weighted by molar-refractivity contribution is -0.136. The molecule has 0 spiro atoms. The van der Waals surface area contributed by atoms with Crippen molar-refractivity contribution in [3.63, 3.8) is 0 Å². The molecule has 2 aromatic heterocycles. The van der Waals surface area contributed by atoms with Gasteiger partial charge in [0.25, 0.3) is 0 Å². The number of hydrogen-bond acceptors (Lipinski definition) is 4. The molecule has 0 aliphatic heterocycles. The average molecular weight is 341 g/mol. The lowest BCUT2D eigenvalue weighted by atomic mass is 10.1. The van der Waals surface area contributed by atoms with Gasteiger partial charge >= 0.3 is 5.97 Å². The zero-order valence-electron chi connectivity index (χ0n) is 13.7. The third-order valence-corrected chi connectivity index (χ3v) is 4.90. The highest BCUT2D eigenvalue weighted by Crippen LogP contribution is 2.30. The number of rotatable bonds is 6. The van der Waals surface area contributed by atoms with Gasteiger partial charge in [-0.15, -0.1) is 11.3 Å². The van der Waals surface area contributed by atoms with Crippen LogP contribution >= 0.6 is 11.3 Å². The lowest BCUT2D eigenvalue weighted by Crippen LogP contribution is -2.03. The number of hydrogen-bond donors (Lipinski definition) is 1. The lowest BCUT2D eigenvalue weighted by Gasteiger charge is -2.10. The Hall–Kier alpha value is -2.40. The maximum atomic E-state index is 10.9. The monoisotopic (exact) mass is 341 g/mol. The minimum atomic E-state index is -0.811. The maximum absolute atomic E-state index is 10.9. The number of carboxylic acids is 1. The molecule has 3 aromatic rings. The Kier molecular flexibility index (Phi) is 4.81. The van der Waals surface area contributed by atoms with Crippen molar-refractivity contribution >= 4 is 27.4 Å². The Bertz CT molecular complexity index is 885. The van der Waals surface area contributed by atoms with E-state index < -0.39 is 5.97 Å². The van der Waals surface area contributed by atoms with Crippen molar-refractivity contribution in [2.45, 2.75) is 33.3 Å². The fourth-order valence-electron chi connectivity index (χ4n) is 2.69. The van der Waals surface area contributed by atoms with Gasteiger partial charge in [0.05, 0.1) is 6.42 Å². The first kappa shape index (κ1) is 16.5. The van der Waals surface area contributed by atoms with Gasteiger partial charge in [-0.3, -0.25) is 9.78 Å². The van der Waals surface area contributed by atoms with E-state index in [-0.39, 0.29) is 6.42 Å². The minimum Gasteiger partial charge on any atom is -0.489 e. The van der Waals surface area contributed by atoms with Gasteiger partial charge < -0.3 is 9.84 Å². The van der Waals surface area contributed by atoms with Gasteiger partial charge in [-0.05, 0) is 53.9 Å². The van der Waals surface area contributed by atoms with Gasteiger partial charge in [-0.25, -0.2) is 0 Å².